The minimum Gasteiger partial charge on any atom is -0.493 e. The van der Waals surface area contributed by atoms with Gasteiger partial charge in [-0.3, -0.25) is 14.4 Å². The third-order valence-corrected chi connectivity index (χ3v) is 6.31. The average Bonchev–Trinajstić information content (AvgIpc) is 2.98. The van der Waals surface area contributed by atoms with E-state index in [0.717, 1.165) is 29.6 Å². The van der Waals surface area contributed by atoms with Crippen LogP contribution < -0.4 is 24.3 Å². The van der Waals surface area contributed by atoms with Gasteiger partial charge in [-0.2, -0.15) is 0 Å². The number of carboxylic acids is 1. The van der Waals surface area contributed by atoms with E-state index in [0.29, 0.717) is 0 Å². The van der Waals surface area contributed by atoms with Gasteiger partial charge in [0.2, 0.25) is 12.2 Å². The molecule has 0 fully saturated rings. The molecule has 0 aliphatic heterocycles. The van der Waals surface area contributed by atoms with Gasteiger partial charge in [-0.05, 0) is 77.2 Å². The monoisotopic (exact) mass is 735 g/mol. The molecule has 0 aliphatic carbocycles. The zero-order valence-electron chi connectivity index (χ0n) is 24.2. The van der Waals surface area contributed by atoms with E-state index in [4.69, 9.17) is 28.4 Å². The van der Waals surface area contributed by atoms with Gasteiger partial charge in [-0.15, -0.1) is 0 Å². The number of anilines is 1. The van der Waals surface area contributed by atoms with Crippen LogP contribution in [-0.2, 0) is 28.7 Å². The lowest BCUT2D eigenvalue weighted by molar-refractivity contribution is -0.157. The molecule has 0 saturated carbocycles. The highest BCUT2D eigenvalue weighted by atomic mass is 127. The van der Waals surface area contributed by atoms with Gasteiger partial charge in [0.05, 0.1) is 25.3 Å². The minimum atomic E-state index is -2.34. The largest absolute Gasteiger partial charge is 0.493 e. The van der Waals surface area contributed by atoms with Gasteiger partial charge < -0.3 is 38.8 Å². The number of carbonyl (C=O) groups excluding carboxylic acids is 5. The summed E-state index contributed by atoms with van der Waals surface area (Å²) >= 11 is 1.99. The first-order chi connectivity index (χ1) is 21.3. The fourth-order valence-electron chi connectivity index (χ4n) is 3.71. The Kier molecular flexibility index (Phi) is 11.8. The van der Waals surface area contributed by atoms with Crippen LogP contribution in [0.4, 0.5) is 5.69 Å². The second kappa shape index (κ2) is 15.5. The Morgan fingerprint density at radius 1 is 0.689 bits per heavy atom. The molecule has 0 heterocycles. The molecular formula is C30H26INO13. The second-order valence-corrected chi connectivity index (χ2v) is 10.2. The summed E-state index contributed by atoms with van der Waals surface area (Å²) in [5.41, 5.74) is -0.208. The quantitative estimate of drug-likeness (QED) is 0.156. The lowest BCUT2D eigenvalue weighted by atomic mass is 10.1. The predicted octanol–water partition coefficient (Wildman–Crippen LogP) is 3.63. The Morgan fingerprint density at radius 2 is 1.18 bits per heavy atom. The standard InChI is InChI=1S/C30H26INO13/c1-15(33)42-21-10-8-17(12-23(21)40-3)29(38)44-25(27(35)32-20-7-5-6-19(31)14-20)26(28(36)37)45-30(39)18-9-11-22(43-16(2)34)24(13-18)41-4/h5-14,25-26H,1-4H3,(H,32,35)(H,36,37)/t25-,26-/m0/s1. The molecule has 3 aromatic rings. The summed E-state index contributed by atoms with van der Waals surface area (Å²) in [7, 11) is 2.50. The number of aliphatic carboxylic acids is 1. The topological polar surface area (TPSA) is 190 Å². The lowest BCUT2D eigenvalue weighted by Crippen LogP contribution is -2.48. The van der Waals surface area contributed by atoms with Gasteiger partial charge in [0.1, 0.15) is 0 Å². The number of esters is 4. The van der Waals surface area contributed by atoms with Crippen molar-refractivity contribution >= 4 is 64.0 Å². The van der Waals surface area contributed by atoms with E-state index < -0.39 is 48.0 Å². The van der Waals surface area contributed by atoms with E-state index in [-0.39, 0.29) is 39.8 Å². The summed E-state index contributed by atoms with van der Waals surface area (Å²) in [6, 6.07) is 13.5. The Hall–Kier alpha value is -5.19. The number of hydrogen-bond acceptors (Lipinski definition) is 12. The van der Waals surface area contributed by atoms with Crippen molar-refractivity contribution in [1.82, 2.24) is 0 Å². The molecule has 2 atom stereocenters. The molecule has 0 radical (unpaired) electrons. The number of halogens is 1. The van der Waals surface area contributed by atoms with Crippen molar-refractivity contribution in [3.05, 3.63) is 75.4 Å². The molecule has 14 nitrogen and oxygen atoms in total. The first-order valence-electron chi connectivity index (χ1n) is 12.8. The predicted molar refractivity (Wildman–Crippen MR) is 162 cm³/mol. The second-order valence-electron chi connectivity index (χ2n) is 8.91. The molecule has 45 heavy (non-hydrogen) atoms. The molecule has 0 bridgehead atoms. The number of benzene rings is 3. The Bertz CT molecular complexity index is 1640. The number of ether oxygens (including phenoxy) is 6. The molecule has 3 rings (SSSR count). The fourth-order valence-corrected chi connectivity index (χ4v) is 4.25. The third kappa shape index (κ3) is 9.40. The van der Waals surface area contributed by atoms with Gasteiger partial charge in [-0.1, -0.05) is 6.07 Å². The van der Waals surface area contributed by atoms with E-state index in [1.165, 1.54) is 44.6 Å². The molecule has 0 saturated heterocycles. The van der Waals surface area contributed by atoms with Gasteiger partial charge in [0.15, 0.2) is 23.0 Å². The van der Waals surface area contributed by atoms with Crippen molar-refractivity contribution in [2.24, 2.45) is 0 Å². The maximum absolute atomic E-state index is 13.4. The number of rotatable bonds is 12. The summed E-state index contributed by atoms with van der Waals surface area (Å²) in [6.45, 7) is 2.32. The fraction of sp³-hybridized carbons (Fsp3) is 0.200. The summed E-state index contributed by atoms with van der Waals surface area (Å²) in [5.74, 6) is -6.79. The van der Waals surface area contributed by atoms with Crippen molar-refractivity contribution in [3.63, 3.8) is 0 Å². The van der Waals surface area contributed by atoms with Crippen molar-refractivity contribution in [2.75, 3.05) is 19.5 Å². The summed E-state index contributed by atoms with van der Waals surface area (Å²) in [4.78, 5) is 74.8. The maximum Gasteiger partial charge on any atom is 0.349 e. The molecule has 0 unspecified atom stereocenters. The SMILES string of the molecule is COc1cc(C(=O)O[C@H](C(=O)O)[C@H](OC(=O)c2ccc(OC(C)=O)c(OC)c2)C(=O)Nc2cccc(I)c2)ccc1OC(C)=O. The van der Waals surface area contributed by atoms with Crippen LogP contribution in [0.3, 0.4) is 0 Å². The first kappa shape index (κ1) is 34.3. The van der Waals surface area contributed by atoms with Crippen LogP contribution in [0.2, 0.25) is 0 Å². The summed E-state index contributed by atoms with van der Waals surface area (Å²) < 4.78 is 31.5. The van der Waals surface area contributed by atoms with Crippen molar-refractivity contribution < 1.29 is 62.3 Å². The normalized spacial score (nSPS) is 11.7. The molecule has 0 spiro atoms. The highest BCUT2D eigenvalue weighted by Crippen LogP contribution is 2.30. The van der Waals surface area contributed by atoms with E-state index in [1.807, 2.05) is 22.6 Å². The number of methoxy groups -OCH3 is 2. The highest BCUT2D eigenvalue weighted by Gasteiger charge is 2.41. The van der Waals surface area contributed by atoms with Crippen molar-refractivity contribution in [1.29, 1.82) is 0 Å². The van der Waals surface area contributed by atoms with Gasteiger partial charge in [-0.25, -0.2) is 14.4 Å². The van der Waals surface area contributed by atoms with Crippen LogP contribution in [-0.4, -0.2) is 67.3 Å². The Balaban J connectivity index is 1.97. The number of carboxylic acid groups (broad SMARTS) is 1. The first-order valence-corrected chi connectivity index (χ1v) is 13.8. The maximum atomic E-state index is 13.4. The molecular weight excluding hydrogens is 709 g/mol. The van der Waals surface area contributed by atoms with Crippen LogP contribution in [0.15, 0.2) is 60.7 Å². The average molecular weight is 735 g/mol. The minimum absolute atomic E-state index is 0.0120. The van der Waals surface area contributed by atoms with Crippen LogP contribution in [0.5, 0.6) is 23.0 Å². The van der Waals surface area contributed by atoms with Crippen LogP contribution >= 0.6 is 22.6 Å². The van der Waals surface area contributed by atoms with Crippen molar-refractivity contribution in [3.8, 4) is 23.0 Å². The zero-order valence-corrected chi connectivity index (χ0v) is 26.3. The third-order valence-electron chi connectivity index (χ3n) is 5.64. The van der Waals surface area contributed by atoms with E-state index >= 15 is 0 Å². The summed E-state index contributed by atoms with van der Waals surface area (Å²) in [6.07, 6.45) is -4.55. The Morgan fingerprint density at radius 3 is 1.60 bits per heavy atom. The molecule has 0 aromatic heterocycles. The van der Waals surface area contributed by atoms with Crippen LogP contribution in [0.25, 0.3) is 0 Å². The smallest absolute Gasteiger partial charge is 0.349 e. The molecule has 15 heteroatoms. The molecule has 1 amide bonds. The number of amides is 1. The van der Waals surface area contributed by atoms with Gasteiger partial charge >= 0.3 is 29.8 Å². The summed E-state index contributed by atoms with van der Waals surface area (Å²) in [5, 5.41) is 12.5. The van der Waals surface area contributed by atoms with E-state index in [9.17, 15) is 33.9 Å². The van der Waals surface area contributed by atoms with Gasteiger partial charge in [0.25, 0.3) is 5.91 Å². The molecule has 3 aromatic carbocycles. The van der Waals surface area contributed by atoms with E-state index in [2.05, 4.69) is 5.32 Å². The molecule has 2 N–H and O–H groups in total. The van der Waals surface area contributed by atoms with Crippen LogP contribution in [0.1, 0.15) is 34.6 Å². The van der Waals surface area contributed by atoms with E-state index in [1.54, 1.807) is 18.2 Å². The number of carbonyl (C=O) groups is 6. The Labute approximate surface area is 269 Å². The van der Waals surface area contributed by atoms with Crippen LogP contribution in [0, 0.1) is 3.57 Å². The van der Waals surface area contributed by atoms with Crippen molar-refractivity contribution in [2.45, 2.75) is 26.1 Å². The number of hydrogen-bond donors (Lipinski definition) is 2. The zero-order chi connectivity index (χ0) is 33.3. The number of nitrogens with one attached hydrogen (secondary N) is 1. The highest BCUT2D eigenvalue weighted by molar-refractivity contribution is 14.1. The molecule has 0 aliphatic rings. The van der Waals surface area contributed by atoms with Gasteiger partial charge in [0, 0.05) is 23.1 Å². The lowest BCUT2D eigenvalue weighted by Gasteiger charge is -2.24. The molecule has 236 valence electrons.